The van der Waals surface area contributed by atoms with Gasteiger partial charge in [-0.15, -0.1) is 5.11 Å². The highest BCUT2D eigenvalue weighted by atomic mass is 16.7. The van der Waals surface area contributed by atoms with Gasteiger partial charge in [-0.3, -0.25) is 20.0 Å². The van der Waals surface area contributed by atoms with E-state index < -0.39 is 0 Å². The van der Waals surface area contributed by atoms with Crippen molar-refractivity contribution in [1.82, 2.24) is 15.2 Å². The van der Waals surface area contributed by atoms with Crippen molar-refractivity contribution >= 4 is 11.4 Å². The molecule has 1 aliphatic heterocycles. The first kappa shape index (κ1) is 13.3. The van der Waals surface area contributed by atoms with E-state index in [1.54, 1.807) is 36.7 Å². The topological polar surface area (TPSA) is 105 Å². The molecule has 0 unspecified atom stereocenters. The third-order valence-corrected chi connectivity index (χ3v) is 3.32. The molecule has 1 aliphatic rings. The van der Waals surface area contributed by atoms with Crippen molar-refractivity contribution in [2.24, 2.45) is 10.2 Å². The minimum Gasteiger partial charge on any atom is -0.454 e. The van der Waals surface area contributed by atoms with Crippen LogP contribution in [-0.4, -0.2) is 22.0 Å². The number of ether oxygens (including phenoxy) is 2. The number of hydrogen-bond acceptors (Lipinski definition) is 6. The Morgan fingerprint density at radius 1 is 1.09 bits per heavy atom. The summed E-state index contributed by atoms with van der Waals surface area (Å²) in [4.78, 5) is 15.9. The van der Waals surface area contributed by atoms with Gasteiger partial charge in [-0.25, -0.2) is 0 Å². The molecule has 0 spiro atoms. The summed E-state index contributed by atoms with van der Waals surface area (Å²) in [6, 6.07) is 8.79. The van der Waals surface area contributed by atoms with Crippen molar-refractivity contribution in [3.63, 3.8) is 0 Å². The van der Waals surface area contributed by atoms with Crippen LogP contribution >= 0.6 is 0 Å². The molecule has 8 nitrogen and oxygen atoms in total. The van der Waals surface area contributed by atoms with Crippen molar-refractivity contribution in [3.05, 3.63) is 53.1 Å². The number of benzene rings is 1. The molecule has 0 bridgehead atoms. The summed E-state index contributed by atoms with van der Waals surface area (Å²) >= 11 is 0. The number of H-pyrrole nitrogens is 2. The molecule has 0 saturated carbocycles. The monoisotopic (exact) mass is 309 g/mol. The second-order valence-electron chi connectivity index (χ2n) is 4.78. The average molecular weight is 309 g/mol. The van der Waals surface area contributed by atoms with Gasteiger partial charge in [0.15, 0.2) is 17.2 Å². The molecule has 2 N–H and O–H groups in total. The van der Waals surface area contributed by atoms with Crippen LogP contribution in [0.4, 0.5) is 11.4 Å². The largest absolute Gasteiger partial charge is 0.454 e. The van der Waals surface area contributed by atoms with E-state index in [0.29, 0.717) is 22.9 Å². The number of nitrogens with one attached hydrogen (secondary N) is 2. The summed E-state index contributed by atoms with van der Waals surface area (Å²) in [6.45, 7) is 0.193. The Hall–Kier alpha value is -3.42. The lowest BCUT2D eigenvalue weighted by atomic mass is 10.2. The van der Waals surface area contributed by atoms with Crippen molar-refractivity contribution in [2.75, 3.05) is 6.79 Å². The molecule has 0 aliphatic carbocycles. The predicted molar refractivity (Wildman–Crippen MR) is 81.4 cm³/mol. The van der Waals surface area contributed by atoms with E-state index in [4.69, 9.17) is 9.47 Å². The van der Waals surface area contributed by atoms with Crippen LogP contribution in [0.15, 0.2) is 57.7 Å². The Labute approximate surface area is 129 Å². The number of fused-ring (bicyclic) bond motifs is 1. The summed E-state index contributed by atoms with van der Waals surface area (Å²) in [5, 5.41) is 13.5. The van der Waals surface area contributed by atoms with Gasteiger partial charge in [0.25, 0.3) is 5.56 Å². The molecule has 0 saturated heterocycles. The Balaban J connectivity index is 1.69. The molecule has 4 rings (SSSR count). The number of azo groups is 1. The summed E-state index contributed by atoms with van der Waals surface area (Å²) in [5.74, 6) is 1.27. The first-order valence-corrected chi connectivity index (χ1v) is 6.84. The van der Waals surface area contributed by atoms with Crippen LogP contribution in [0.3, 0.4) is 0 Å². The van der Waals surface area contributed by atoms with E-state index in [-0.39, 0.29) is 18.0 Å². The molecule has 8 heteroatoms. The minimum atomic E-state index is -0.353. The maximum absolute atomic E-state index is 11.9. The standard InChI is InChI=1S/C15H11N5O3/c21-15-14(13(18-20-15)9-2-1-5-16-7-9)19-17-10-3-4-11-12(6-10)23-8-22-11/h1-7H,8H2,(H2,18,20,21). The van der Waals surface area contributed by atoms with Crippen molar-refractivity contribution in [1.29, 1.82) is 0 Å². The first-order valence-electron chi connectivity index (χ1n) is 6.84. The quantitative estimate of drug-likeness (QED) is 0.726. The lowest BCUT2D eigenvalue weighted by molar-refractivity contribution is 0.174. The molecule has 23 heavy (non-hydrogen) atoms. The predicted octanol–water partition coefficient (Wildman–Crippen LogP) is 2.91. The number of hydrogen-bond donors (Lipinski definition) is 2. The van der Waals surface area contributed by atoms with Gasteiger partial charge in [0, 0.05) is 24.0 Å². The smallest absolute Gasteiger partial charge is 0.292 e. The van der Waals surface area contributed by atoms with E-state index in [0.717, 1.165) is 5.56 Å². The third kappa shape index (κ3) is 2.46. The van der Waals surface area contributed by atoms with Gasteiger partial charge in [0.05, 0.1) is 11.4 Å². The molecule has 2 aromatic heterocycles. The lowest BCUT2D eigenvalue weighted by Gasteiger charge is -1.98. The second-order valence-corrected chi connectivity index (χ2v) is 4.78. The van der Waals surface area contributed by atoms with Crippen LogP contribution in [0, 0.1) is 0 Å². The molecule has 1 aromatic carbocycles. The number of aromatic nitrogens is 3. The summed E-state index contributed by atoms with van der Waals surface area (Å²) < 4.78 is 10.5. The van der Waals surface area contributed by atoms with Gasteiger partial charge >= 0.3 is 0 Å². The fourth-order valence-corrected chi connectivity index (χ4v) is 2.22. The molecule has 3 heterocycles. The molecule has 0 atom stereocenters. The average Bonchev–Trinajstić information content (AvgIpc) is 3.19. The fourth-order valence-electron chi connectivity index (χ4n) is 2.22. The zero-order valence-corrected chi connectivity index (χ0v) is 11.8. The zero-order chi connectivity index (χ0) is 15.6. The van der Waals surface area contributed by atoms with E-state index in [1.807, 2.05) is 6.07 Å². The molecular weight excluding hydrogens is 298 g/mol. The summed E-state index contributed by atoms with van der Waals surface area (Å²) in [6.07, 6.45) is 3.29. The van der Waals surface area contributed by atoms with Gasteiger partial charge in [0.2, 0.25) is 6.79 Å². The maximum atomic E-state index is 11.9. The van der Waals surface area contributed by atoms with E-state index in [2.05, 4.69) is 25.4 Å². The highest BCUT2D eigenvalue weighted by Gasteiger charge is 2.14. The Morgan fingerprint density at radius 2 is 2.00 bits per heavy atom. The normalized spacial score (nSPS) is 12.9. The Kier molecular flexibility index (Phi) is 3.12. The van der Waals surface area contributed by atoms with E-state index in [1.165, 1.54) is 0 Å². The van der Waals surface area contributed by atoms with Crippen molar-refractivity contribution < 1.29 is 9.47 Å². The number of aromatic amines is 2. The molecule has 0 radical (unpaired) electrons. The summed E-state index contributed by atoms with van der Waals surface area (Å²) in [7, 11) is 0. The molecule has 0 fully saturated rings. The second kappa shape index (κ2) is 5.41. The van der Waals surface area contributed by atoms with Crippen LogP contribution in [0.1, 0.15) is 0 Å². The molecular formula is C15H11N5O3. The number of nitrogens with zero attached hydrogens (tertiary/aromatic N) is 3. The van der Waals surface area contributed by atoms with Gasteiger partial charge in [-0.1, -0.05) is 0 Å². The van der Waals surface area contributed by atoms with Gasteiger partial charge in [0.1, 0.15) is 0 Å². The fraction of sp³-hybridized carbons (Fsp3) is 0.0667. The van der Waals surface area contributed by atoms with Crippen LogP contribution in [0.5, 0.6) is 11.5 Å². The minimum absolute atomic E-state index is 0.190. The van der Waals surface area contributed by atoms with Crippen LogP contribution in [0.25, 0.3) is 11.3 Å². The SMILES string of the molecule is O=c1[nH][nH]c(-c2cccnc2)c1N=Nc1ccc2c(c1)OCO2. The zero-order valence-electron chi connectivity index (χ0n) is 11.8. The Morgan fingerprint density at radius 3 is 2.87 bits per heavy atom. The first-order chi connectivity index (χ1) is 11.3. The molecule has 0 amide bonds. The third-order valence-electron chi connectivity index (χ3n) is 3.32. The maximum Gasteiger partial charge on any atom is 0.292 e. The van der Waals surface area contributed by atoms with Gasteiger partial charge < -0.3 is 9.47 Å². The molecule has 3 aromatic rings. The number of pyridine rings is 1. The highest BCUT2D eigenvalue weighted by Crippen LogP contribution is 2.35. The van der Waals surface area contributed by atoms with Crippen molar-refractivity contribution in [3.8, 4) is 22.8 Å². The lowest BCUT2D eigenvalue weighted by Crippen LogP contribution is -1.96. The molecule has 114 valence electrons. The van der Waals surface area contributed by atoms with Gasteiger partial charge in [-0.2, -0.15) is 5.11 Å². The van der Waals surface area contributed by atoms with E-state index in [9.17, 15) is 4.79 Å². The van der Waals surface area contributed by atoms with Crippen LogP contribution in [-0.2, 0) is 0 Å². The van der Waals surface area contributed by atoms with Crippen LogP contribution < -0.4 is 15.0 Å². The van der Waals surface area contributed by atoms with Crippen molar-refractivity contribution in [2.45, 2.75) is 0 Å². The number of rotatable bonds is 3. The summed E-state index contributed by atoms with van der Waals surface area (Å²) in [5.41, 5.74) is 1.68. The van der Waals surface area contributed by atoms with Crippen LogP contribution in [0.2, 0.25) is 0 Å². The highest BCUT2D eigenvalue weighted by molar-refractivity contribution is 5.70. The van der Waals surface area contributed by atoms with E-state index >= 15 is 0 Å². The van der Waals surface area contributed by atoms with Gasteiger partial charge in [-0.05, 0) is 24.3 Å². The Bertz CT molecular complexity index is 930.